The van der Waals surface area contributed by atoms with Gasteiger partial charge in [0.25, 0.3) is 0 Å². The SMILES string of the molecule is Cc1c(C)n(CCCN2CCOCC2)c2ncnc(NC3CCCCC3)c12. The van der Waals surface area contributed by atoms with Crippen molar-refractivity contribution >= 4 is 16.9 Å². The van der Waals surface area contributed by atoms with Gasteiger partial charge in [0, 0.05) is 37.9 Å². The Labute approximate surface area is 162 Å². The highest BCUT2D eigenvalue weighted by Crippen LogP contribution is 2.30. The summed E-state index contributed by atoms with van der Waals surface area (Å²) >= 11 is 0. The third-order valence-corrected chi connectivity index (χ3v) is 6.31. The summed E-state index contributed by atoms with van der Waals surface area (Å²) in [7, 11) is 0. The van der Waals surface area contributed by atoms with E-state index in [0.29, 0.717) is 6.04 Å². The molecule has 6 heteroatoms. The highest BCUT2D eigenvalue weighted by Gasteiger charge is 2.20. The van der Waals surface area contributed by atoms with Crippen LogP contribution in [0, 0.1) is 13.8 Å². The number of morpholine rings is 1. The number of fused-ring (bicyclic) bond motifs is 1. The highest BCUT2D eigenvalue weighted by atomic mass is 16.5. The molecule has 0 atom stereocenters. The standard InChI is InChI=1S/C21H33N5O/c1-16-17(2)26(10-6-9-25-11-13-27-14-12-25)21-19(16)20(22-15-23-21)24-18-7-4-3-5-8-18/h15,18H,3-14H2,1-2H3,(H,22,23,24). The number of ether oxygens (including phenoxy) is 1. The van der Waals surface area contributed by atoms with Crippen LogP contribution in [0.2, 0.25) is 0 Å². The summed E-state index contributed by atoms with van der Waals surface area (Å²) in [5.74, 6) is 1.03. The fraction of sp³-hybridized carbons (Fsp3) is 0.714. The number of anilines is 1. The molecule has 27 heavy (non-hydrogen) atoms. The van der Waals surface area contributed by atoms with E-state index < -0.39 is 0 Å². The van der Waals surface area contributed by atoms with Gasteiger partial charge in [-0.1, -0.05) is 19.3 Å². The molecule has 3 heterocycles. The topological polar surface area (TPSA) is 55.2 Å². The van der Waals surface area contributed by atoms with Gasteiger partial charge in [-0.15, -0.1) is 0 Å². The van der Waals surface area contributed by atoms with Gasteiger partial charge in [0.15, 0.2) is 0 Å². The summed E-state index contributed by atoms with van der Waals surface area (Å²) in [6, 6.07) is 0.557. The van der Waals surface area contributed by atoms with Crippen LogP contribution in [-0.2, 0) is 11.3 Å². The molecule has 1 saturated heterocycles. The quantitative estimate of drug-likeness (QED) is 0.842. The lowest BCUT2D eigenvalue weighted by atomic mass is 9.95. The van der Waals surface area contributed by atoms with Crippen molar-refractivity contribution in [1.29, 1.82) is 0 Å². The molecule has 6 nitrogen and oxygen atoms in total. The molecule has 4 rings (SSSR count). The zero-order valence-electron chi connectivity index (χ0n) is 16.8. The Kier molecular flexibility index (Phi) is 5.93. The molecule has 2 aromatic heterocycles. The predicted octanol–water partition coefficient (Wildman–Crippen LogP) is 3.52. The molecule has 0 unspecified atom stereocenters. The number of hydrogen-bond donors (Lipinski definition) is 1. The molecule has 1 saturated carbocycles. The fourth-order valence-electron chi connectivity index (χ4n) is 4.57. The molecule has 0 spiro atoms. The first-order valence-electron chi connectivity index (χ1n) is 10.6. The van der Waals surface area contributed by atoms with E-state index in [0.717, 1.165) is 57.3 Å². The van der Waals surface area contributed by atoms with Gasteiger partial charge in [-0.05, 0) is 38.7 Å². The Morgan fingerprint density at radius 2 is 1.85 bits per heavy atom. The molecule has 2 aromatic rings. The second-order valence-electron chi connectivity index (χ2n) is 8.07. The van der Waals surface area contributed by atoms with Gasteiger partial charge in [0.05, 0.1) is 18.6 Å². The fourth-order valence-corrected chi connectivity index (χ4v) is 4.57. The van der Waals surface area contributed by atoms with Crippen molar-refractivity contribution in [3.8, 4) is 0 Å². The summed E-state index contributed by atoms with van der Waals surface area (Å²) in [6.45, 7) is 10.4. The molecule has 2 aliphatic rings. The predicted molar refractivity (Wildman–Crippen MR) is 109 cm³/mol. The maximum Gasteiger partial charge on any atom is 0.145 e. The molecular formula is C21H33N5O. The average Bonchev–Trinajstić information content (AvgIpc) is 2.95. The van der Waals surface area contributed by atoms with Gasteiger partial charge in [-0.2, -0.15) is 0 Å². The van der Waals surface area contributed by atoms with Gasteiger partial charge in [0.1, 0.15) is 17.8 Å². The molecule has 2 fully saturated rings. The van der Waals surface area contributed by atoms with Crippen molar-refractivity contribution in [2.75, 3.05) is 38.2 Å². The maximum atomic E-state index is 5.45. The van der Waals surface area contributed by atoms with E-state index in [1.165, 1.54) is 48.7 Å². The van der Waals surface area contributed by atoms with Crippen molar-refractivity contribution in [3.63, 3.8) is 0 Å². The van der Waals surface area contributed by atoms with Gasteiger partial charge < -0.3 is 14.6 Å². The first-order chi connectivity index (χ1) is 13.2. The van der Waals surface area contributed by atoms with Crippen LogP contribution in [0.1, 0.15) is 49.8 Å². The summed E-state index contributed by atoms with van der Waals surface area (Å²) in [6.07, 6.45) is 9.39. The minimum Gasteiger partial charge on any atom is -0.379 e. The van der Waals surface area contributed by atoms with E-state index in [1.807, 2.05) is 0 Å². The largest absolute Gasteiger partial charge is 0.379 e. The van der Waals surface area contributed by atoms with Crippen molar-refractivity contribution in [1.82, 2.24) is 19.4 Å². The monoisotopic (exact) mass is 371 g/mol. The minimum absolute atomic E-state index is 0.557. The second kappa shape index (κ2) is 8.57. The van der Waals surface area contributed by atoms with Crippen LogP contribution >= 0.6 is 0 Å². The molecule has 0 amide bonds. The second-order valence-corrected chi connectivity index (χ2v) is 8.07. The first-order valence-corrected chi connectivity index (χ1v) is 10.6. The van der Waals surface area contributed by atoms with Crippen LogP contribution in [0.3, 0.4) is 0 Å². The number of aryl methyl sites for hydroxylation is 2. The smallest absolute Gasteiger partial charge is 0.145 e. The average molecular weight is 372 g/mol. The normalized spacial score (nSPS) is 19.6. The first kappa shape index (κ1) is 18.7. The van der Waals surface area contributed by atoms with Crippen molar-refractivity contribution < 1.29 is 4.74 Å². The van der Waals surface area contributed by atoms with Crippen LogP contribution in [0.25, 0.3) is 11.0 Å². The van der Waals surface area contributed by atoms with Gasteiger partial charge in [-0.25, -0.2) is 9.97 Å². The van der Waals surface area contributed by atoms with E-state index in [4.69, 9.17) is 4.74 Å². The maximum absolute atomic E-state index is 5.45. The van der Waals surface area contributed by atoms with Crippen LogP contribution in [0.5, 0.6) is 0 Å². The molecule has 0 bridgehead atoms. The Balaban J connectivity index is 1.50. The Morgan fingerprint density at radius 3 is 2.63 bits per heavy atom. The van der Waals surface area contributed by atoms with Crippen molar-refractivity contribution in [2.45, 2.75) is 65.0 Å². The molecule has 1 aliphatic carbocycles. The van der Waals surface area contributed by atoms with Crippen LogP contribution < -0.4 is 5.32 Å². The van der Waals surface area contributed by atoms with E-state index in [2.05, 4.69) is 38.6 Å². The number of hydrogen-bond acceptors (Lipinski definition) is 5. The number of nitrogens with one attached hydrogen (secondary N) is 1. The van der Waals surface area contributed by atoms with Crippen molar-refractivity contribution in [2.24, 2.45) is 0 Å². The highest BCUT2D eigenvalue weighted by molar-refractivity contribution is 5.92. The number of aromatic nitrogens is 3. The number of nitrogens with zero attached hydrogens (tertiary/aromatic N) is 4. The van der Waals surface area contributed by atoms with Crippen LogP contribution in [-0.4, -0.2) is 58.3 Å². The van der Waals surface area contributed by atoms with E-state index in [-0.39, 0.29) is 0 Å². The lowest BCUT2D eigenvalue weighted by Crippen LogP contribution is -2.37. The summed E-state index contributed by atoms with van der Waals surface area (Å²) in [5.41, 5.74) is 3.72. The van der Waals surface area contributed by atoms with Crippen molar-refractivity contribution in [3.05, 3.63) is 17.6 Å². The van der Waals surface area contributed by atoms with Gasteiger partial charge >= 0.3 is 0 Å². The summed E-state index contributed by atoms with van der Waals surface area (Å²) in [5, 5.41) is 4.94. The van der Waals surface area contributed by atoms with Crippen LogP contribution in [0.4, 0.5) is 5.82 Å². The Bertz CT molecular complexity index is 760. The molecule has 1 aliphatic heterocycles. The molecular weight excluding hydrogens is 338 g/mol. The lowest BCUT2D eigenvalue weighted by molar-refractivity contribution is 0.0369. The van der Waals surface area contributed by atoms with Crippen LogP contribution in [0.15, 0.2) is 6.33 Å². The zero-order valence-corrected chi connectivity index (χ0v) is 16.8. The molecule has 0 radical (unpaired) electrons. The Hall–Kier alpha value is -1.66. The van der Waals surface area contributed by atoms with E-state index in [9.17, 15) is 0 Å². The minimum atomic E-state index is 0.557. The molecule has 0 aromatic carbocycles. The molecule has 148 valence electrons. The van der Waals surface area contributed by atoms with E-state index >= 15 is 0 Å². The third-order valence-electron chi connectivity index (χ3n) is 6.31. The lowest BCUT2D eigenvalue weighted by Gasteiger charge is -2.26. The molecule has 1 N–H and O–H groups in total. The van der Waals surface area contributed by atoms with E-state index in [1.54, 1.807) is 6.33 Å². The summed E-state index contributed by atoms with van der Waals surface area (Å²) in [4.78, 5) is 11.8. The van der Waals surface area contributed by atoms with Gasteiger partial charge in [-0.3, -0.25) is 4.90 Å². The zero-order chi connectivity index (χ0) is 18.6. The Morgan fingerprint density at radius 1 is 1.07 bits per heavy atom. The van der Waals surface area contributed by atoms with Gasteiger partial charge in [0.2, 0.25) is 0 Å². The number of rotatable bonds is 6. The third kappa shape index (κ3) is 4.11. The summed E-state index contributed by atoms with van der Waals surface area (Å²) < 4.78 is 7.84.